The molecule has 2 aliphatic carbocycles. The van der Waals surface area contributed by atoms with Gasteiger partial charge in [-0.15, -0.1) is 0 Å². The van der Waals surface area contributed by atoms with Crippen LogP contribution in [0.1, 0.15) is 46.3 Å². The van der Waals surface area contributed by atoms with Crippen LogP contribution in [0.4, 0.5) is 20.4 Å². The van der Waals surface area contributed by atoms with Gasteiger partial charge in [0.05, 0.1) is 23.5 Å². The second-order valence-corrected chi connectivity index (χ2v) is 12.1. The molecule has 4 atom stereocenters. The van der Waals surface area contributed by atoms with E-state index in [9.17, 15) is 13.6 Å². The number of carbonyl (C=O) groups excluding carboxylic acids is 1. The lowest BCUT2D eigenvalue weighted by molar-refractivity contribution is -0.487. The van der Waals surface area contributed by atoms with Crippen molar-refractivity contribution in [2.24, 2.45) is 22.6 Å². The molecular formula is C33H30ClF2N6O+. The second kappa shape index (κ2) is 10.9. The van der Waals surface area contributed by atoms with Crippen molar-refractivity contribution in [3.8, 4) is 11.3 Å². The van der Waals surface area contributed by atoms with Gasteiger partial charge in [0.15, 0.2) is 0 Å². The summed E-state index contributed by atoms with van der Waals surface area (Å²) in [4.78, 5) is 29.1. The second-order valence-electron chi connectivity index (χ2n) is 11.6. The maximum Gasteiger partial charge on any atom is 0.331 e. The van der Waals surface area contributed by atoms with Crippen LogP contribution in [0.5, 0.6) is 0 Å². The molecule has 4 N–H and O–H groups in total. The highest BCUT2D eigenvalue weighted by Gasteiger charge is 2.48. The zero-order valence-electron chi connectivity index (χ0n) is 23.5. The molecule has 7 nitrogen and oxygen atoms in total. The number of quaternary nitrogens is 1. The van der Waals surface area contributed by atoms with Crippen LogP contribution in [0.2, 0.25) is 5.02 Å². The van der Waals surface area contributed by atoms with E-state index < -0.39 is 11.6 Å². The molecular weight excluding hydrogens is 570 g/mol. The number of carbonyl (C=O) groups is 1. The number of aromatic nitrogens is 2. The van der Waals surface area contributed by atoms with E-state index in [1.54, 1.807) is 24.4 Å². The quantitative estimate of drug-likeness (QED) is 0.310. The molecule has 43 heavy (non-hydrogen) atoms. The first-order valence-corrected chi connectivity index (χ1v) is 14.8. The van der Waals surface area contributed by atoms with Gasteiger partial charge in [-0.05, 0) is 67.5 Å². The molecule has 2 fully saturated rings. The highest BCUT2D eigenvalue weighted by molar-refractivity contribution is 6.31. The molecule has 0 radical (unpaired) electrons. The smallest absolute Gasteiger partial charge is 0.331 e. The van der Waals surface area contributed by atoms with Crippen molar-refractivity contribution in [3.05, 3.63) is 106 Å². The van der Waals surface area contributed by atoms with Crippen molar-refractivity contribution in [3.63, 3.8) is 0 Å². The predicted molar refractivity (Wildman–Crippen MR) is 161 cm³/mol. The Labute approximate surface area is 252 Å². The molecule has 0 saturated heterocycles. The van der Waals surface area contributed by atoms with Crippen LogP contribution in [0.15, 0.2) is 71.9 Å². The van der Waals surface area contributed by atoms with Crippen LogP contribution in [-0.2, 0) is 6.54 Å². The van der Waals surface area contributed by atoms with Crippen LogP contribution in [0.25, 0.3) is 11.3 Å². The van der Waals surface area contributed by atoms with Crippen molar-refractivity contribution in [1.82, 2.24) is 14.9 Å². The molecule has 7 rings (SSSR count). The van der Waals surface area contributed by atoms with Crippen LogP contribution in [0.3, 0.4) is 0 Å². The van der Waals surface area contributed by atoms with Gasteiger partial charge in [-0.3, -0.25) is 9.79 Å². The summed E-state index contributed by atoms with van der Waals surface area (Å²) in [6, 6.07) is 16.7. The summed E-state index contributed by atoms with van der Waals surface area (Å²) in [5.74, 6) is -0.0655. The molecule has 3 aliphatic rings. The van der Waals surface area contributed by atoms with Gasteiger partial charge in [0.1, 0.15) is 17.3 Å². The van der Waals surface area contributed by atoms with Gasteiger partial charge in [-0.2, -0.15) is 9.97 Å². The van der Waals surface area contributed by atoms with Crippen LogP contribution >= 0.6 is 11.6 Å². The first-order chi connectivity index (χ1) is 20.8. The molecule has 4 unspecified atom stereocenters. The molecule has 2 bridgehead atoms. The number of nitrogens with two attached hydrogens (primary N) is 2. The zero-order valence-corrected chi connectivity index (χ0v) is 24.2. The van der Waals surface area contributed by atoms with Gasteiger partial charge >= 0.3 is 5.95 Å². The Balaban J connectivity index is 1.14. The van der Waals surface area contributed by atoms with Crippen molar-refractivity contribution < 1.29 is 18.9 Å². The van der Waals surface area contributed by atoms with E-state index in [2.05, 4.69) is 9.98 Å². The number of nitrogens with zero attached hydrogens (tertiary/aromatic N) is 4. The summed E-state index contributed by atoms with van der Waals surface area (Å²) < 4.78 is 29.7. The van der Waals surface area contributed by atoms with E-state index in [0.29, 0.717) is 45.2 Å². The average molecular weight is 600 g/mol. The number of rotatable bonds is 5. The third-order valence-corrected chi connectivity index (χ3v) is 9.44. The number of fused-ring (bicyclic) bond motifs is 5. The van der Waals surface area contributed by atoms with Gasteiger partial charge in [0.25, 0.3) is 5.91 Å². The van der Waals surface area contributed by atoms with Gasteiger partial charge in [-0.25, -0.2) is 14.1 Å². The lowest BCUT2D eigenvalue weighted by Gasteiger charge is -2.31. The van der Waals surface area contributed by atoms with Crippen molar-refractivity contribution in [2.45, 2.75) is 37.9 Å². The third-order valence-electron chi connectivity index (χ3n) is 9.20. The topological polar surface area (TPSA) is 101 Å². The number of amides is 1. The van der Waals surface area contributed by atoms with Gasteiger partial charge in [0, 0.05) is 64.7 Å². The van der Waals surface area contributed by atoms with Crippen molar-refractivity contribution >= 4 is 34.9 Å². The average Bonchev–Trinajstić information content (AvgIpc) is 3.47. The maximum absolute atomic E-state index is 14.8. The molecule has 2 heterocycles. The monoisotopic (exact) mass is 599 g/mol. The lowest BCUT2D eigenvalue weighted by Crippen LogP contribution is -2.72. The minimum atomic E-state index is -0.706. The first-order valence-electron chi connectivity index (χ1n) is 14.4. The zero-order chi connectivity index (χ0) is 29.8. The number of aliphatic imine (C=N–C) groups is 1. The summed E-state index contributed by atoms with van der Waals surface area (Å²) in [5, 5.41) is 2.24. The summed E-state index contributed by atoms with van der Waals surface area (Å²) in [7, 11) is 1.88. The number of halogens is 3. The van der Waals surface area contributed by atoms with Gasteiger partial charge in [-0.1, -0.05) is 23.7 Å². The first kappa shape index (κ1) is 27.8. The summed E-state index contributed by atoms with van der Waals surface area (Å²) >= 11 is 6.33. The molecule has 1 aromatic heterocycles. The van der Waals surface area contributed by atoms with E-state index in [4.69, 9.17) is 22.3 Å². The van der Waals surface area contributed by atoms with Crippen LogP contribution in [-0.4, -0.2) is 45.6 Å². The Morgan fingerprint density at radius 1 is 1.05 bits per heavy atom. The van der Waals surface area contributed by atoms with Crippen molar-refractivity contribution in [1.29, 1.82) is 0 Å². The molecule has 4 aromatic rings. The van der Waals surface area contributed by atoms with E-state index in [1.165, 1.54) is 18.2 Å². The summed E-state index contributed by atoms with van der Waals surface area (Å²) in [5.41, 5.74) is 10.3. The Kier molecular flexibility index (Phi) is 7.04. The highest BCUT2D eigenvalue weighted by atomic mass is 35.5. The fourth-order valence-corrected chi connectivity index (χ4v) is 7.14. The minimum Gasteiger partial charge on any atom is -0.338 e. The predicted octanol–water partition coefficient (Wildman–Crippen LogP) is 5.15. The van der Waals surface area contributed by atoms with Gasteiger partial charge < -0.3 is 10.6 Å². The molecule has 3 aromatic carbocycles. The van der Waals surface area contributed by atoms with E-state index in [1.807, 2.05) is 41.5 Å². The molecule has 1 amide bonds. The Hall–Kier alpha value is -4.05. The SMILES string of the molecule is CN(C(=O)c1ccc([NH2+]c2ncc3c(n2)-c2ccc(Cl)cc2C(c2c(F)cccc2F)=NC3)cc1)C1CC2CCC1C2N. The normalized spacial score (nSPS) is 22.0. The maximum atomic E-state index is 14.8. The fourth-order valence-electron chi connectivity index (χ4n) is 6.97. The lowest BCUT2D eigenvalue weighted by atomic mass is 9.94. The Bertz CT molecular complexity index is 1760. The Morgan fingerprint density at radius 2 is 1.81 bits per heavy atom. The summed E-state index contributed by atoms with van der Waals surface area (Å²) in [6.07, 6.45) is 4.92. The molecule has 1 aliphatic heterocycles. The standard InChI is InChI=1S/C33H29ClF2N6O/c1-42(27-13-18-7-11-23(27)29(18)37)32(43)17-5-9-21(10-6-17)40-33-39-16-19-15-38-31(28-25(35)3-2-4-26(28)36)24-14-20(34)8-12-22(24)30(19)41-33/h2-6,8-10,12,14,16,18,23,27,29H,7,11,13,15,37H2,1H3,(H,39,40,41)/p+1. The fraction of sp³-hybridized carbons (Fsp3) is 0.273. The van der Waals surface area contributed by atoms with E-state index in [0.717, 1.165) is 30.5 Å². The molecule has 0 spiro atoms. The largest absolute Gasteiger partial charge is 0.338 e. The van der Waals surface area contributed by atoms with Crippen LogP contribution < -0.4 is 11.1 Å². The van der Waals surface area contributed by atoms with Crippen LogP contribution in [0, 0.1) is 23.5 Å². The molecule has 2 saturated carbocycles. The van der Waals surface area contributed by atoms with E-state index >= 15 is 0 Å². The number of hydrogen-bond acceptors (Lipinski definition) is 5. The Morgan fingerprint density at radius 3 is 2.51 bits per heavy atom. The van der Waals surface area contributed by atoms with Crippen molar-refractivity contribution in [2.75, 3.05) is 7.05 Å². The summed E-state index contributed by atoms with van der Waals surface area (Å²) in [6.45, 7) is 0.142. The third kappa shape index (κ3) is 4.91. The molecule has 10 heteroatoms. The molecule has 218 valence electrons. The van der Waals surface area contributed by atoms with Gasteiger partial charge in [0.2, 0.25) is 0 Å². The minimum absolute atomic E-state index is 0.00468. The highest BCUT2D eigenvalue weighted by Crippen LogP contribution is 2.45. The number of hydrogen-bond donors (Lipinski definition) is 2. The van der Waals surface area contributed by atoms with E-state index in [-0.39, 0.29) is 35.8 Å². The number of benzene rings is 3.